The maximum absolute atomic E-state index is 12.9. The fourth-order valence-electron chi connectivity index (χ4n) is 3.19. The van der Waals surface area contributed by atoms with Crippen molar-refractivity contribution in [3.05, 3.63) is 52.3 Å². The average molecular weight is 402 g/mol. The molecule has 0 fully saturated rings. The fourth-order valence-corrected chi connectivity index (χ4v) is 3.85. The van der Waals surface area contributed by atoms with Crippen LogP contribution in [-0.2, 0) is 43.3 Å². The van der Waals surface area contributed by atoms with Crippen LogP contribution in [0.25, 0.3) is 0 Å². The fraction of sp³-hybridized carbons (Fsp3) is 0.471. The molecule has 1 aliphatic carbocycles. The maximum Gasteiger partial charge on any atom is 0.435 e. The Kier molecular flexibility index (Phi) is 5.71. The molecule has 1 aromatic carbocycles. The van der Waals surface area contributed by atoms with Gasteiger partial charge in [-0.25, -0.2) is 13.2 Å². The van der Waals surface area contributed by atoms with Gasteiger partial charge in [-0.3, -0.25) is 4.68 Å². The van der Waals surface area contributed by atoms with E-state index in [1.165, 1.54) is 10.9 Å². The zero-order valence-corrected chi connectivity index (χ0v) is 15.8. The number of rotatable bonds is 6. The summed E-state index contributed by atoms with van der Waals surface area (Å²) in [6, 6.07) is 5.81. The summed E-state index contributed by atoms with van der Waals surface area (Å²) in [4.78, 5) is 0. The Morgan fingerprint density at radius 1 is 1.33 bits per heavy atom. The van der Waals surface area contributed by atoms with Gasteiger partial charge in [0.25, 0.3) is 0 Å². The number of alkyl halides is 3. The lowest BCUT2D eigenvalue weighted by atomic mass is 10.1. The maximum atomic E-state index is 12.9. The molecule has 2 aromatic rings. The van der Waals surface area contributed by atoms with Crippen molar-refractivity contribution in [2.45, 2.75) is 38.2 Å². The molecule has 148 valence electrons. The third-order valence-corrected chi connectivity index (χ3v) is 5.62. The van der Waals surface area contributed by atoms with Gasteiger partial charge >= 0.3 is 6.18 Å². The number of aliphatic hydroxyl groups is 1. The smallest absolute Gasteiger partial charge is 0.392 e. The molecule has 3 rings (SSSR count). The SMILES string of the molecule is CN(C)S(=O)NC1Cc2ccc(Cn3cc(CO)c(C(F)(F)F)n3)cc2C1. The normalized spacial score (nSPS) is 18.1. The van der Waals surface area contributed by atoms with Gasteiger partial charge < -0.3 is 5.11 Å². The van der Waals surface area contributed by atoms with Crippen LogP contribution in [0.5, 0.6) is 0 Å². The van der Waals surface area contributed by atoms with Crippen LogP contribution in [-0.4, -0.2) is 43.5 Å². The van der Waals surface area contributed by atoms with Crippen LogP contribution >= 0.6 is 0 Å². The Bertz CT molecular complexity index is 851. The number of fused-ring (bicyclic) bond motifs is 1. The Morgan fingerprint density at radius 2 is 2.04 bits per heavy atom. The van der Waals surface area contributed by atoms with Gasteiger partial charge in [0.2, 0.25) is 0 Å². The van der Waals surface area contributed by atoms with Crippen molar-refractivity contribution in [2.24, 2.45) is 0 Å². The first-order valence-electron chi connectivity index (χ1n) is 8.38. The standard InChI is InChI=1S/C17H21F3N4O2S/c1-23(2)27(26)22-15-6-12-4-3-11(5-13(12)7-15)8-24-9-14(10-25)16(21-24)17(18,19)20/h3-5,9,15,22,25H,6-8,10H2,1-2H3. The third-order valence-electron chi connectivity index (χ3n) is 4.42. The van der Waals surface area contributed by atoms with Gasteiger partial charge in [0.15, 0.2) is 16.9 Å². The molecule has 0 saturated heterocycles. The van der Waals surface area contributed by atoms with Crippen molar-refractivity contribution in [1.82, 2.24) is 18.8 Å². The van der Waals surface area contributed by atoms with Crippen LogP contribution in [0.2, 0.25) is 0 Å². The Morgan fingerprint density at radius 3 is 2.63 bits per heavy atom. The van der Waals surface area contributed by atoms with E-state index in [0.29, 0.717) is 6.42 Å². The van der Waals surface area contributed by atoms with E-state index in [1.54, 1.807) is 18.4 Å². The lowest BCUT2D eigenvalue weighted by Crippen LogP contribution is -2.37. The van der Waals surface area contributed by atoms with Gasteiger partial charge in [-0.1, -0.05) is 18.2 Å². The highest BCUT2D eigenvalue weighted by Crippen LogP contribution is 2.31. The molecule has 0 bridgehead atoms. The monoisotopic (exact) mass is 402 g/mol. The summed E-state index contributed by atoms with van der Waals surface area (Å²) in [5, 5.41) is 12.7. The van der Waals surface area contributed by atoms with Crippen molar-refractivity contribution >= 4 is 11.2 Å². The van der Waals surface area contributed by atoms with Crippen molar-refractivity contribution in [1.29, 1.82) is 0 Å². The molecule has 2 N–H and O–H groups in total. The minimum Gasteiger partial charge on any atom is -0.392 e. The average Bonchev–Trinajstić information content (AvgIpc) is 3.17. The highest BCUT2D eigenvalue weighted by atomic mass is 32.2. The van der Waals surface area contributed by atoms with Crippen LogP contribution in [0, 0.1) is 0 Å². The number of aliphatic hydroxyl groups excluding tert-OH is 1. The van der Waals surface area contributed by atoms with Crippen molar-refractivity contribution in [3.8, 4) is 0 Å². The molecule has 0 spiro atoms. The topological polar surface area (TPSA) is 70.4 Å². The van der Waals surface area contributed by atoms with Crippen LogP contribution < -0.4 is 4.72 Å². The lowest BCUT2D eigenvalue weighted by Gasteiger charge is -2.14. The van der Waals surface area contributed by atoms with E-state index >= 15 is 0 Å². The second-order valence-electron chi connectivity index (χ2n) is 6.74. The summed E-state index contributed by atoms with van der Waals surface area (Å²) in [7, 11) is 3.45. The molecule has 1 heterocycles. The van der Waals surface area contributed by atoms with Gasteiger partial charge in [0.1, 0.15) is 0 Å². The summed E-state index contributed by atoms with van der Waals surface area (Å²) in [6.07, 6.45) is -1.91. The van der Waals surface area contributed by atoms with E-state index in [-0.39, 0.29) is 18.2 Å². The van der Waals surface area contributed by atoms with E-state index in [0.717, 1.165) is 23.1 Å². The van der Waals surface area contributed by atoms with Gasteiger partial charge in [-0.15, -0.1) is 0 Å². The van der Waals surface area contributed by atoms with Crippen LogP contribution in [0.4, 0.5) is 13.2 Å². The van der Waals surface area contributed by atoms with Gasteiger partial charge in [0.05, 0.1) is 13.2 Å². The summed E-state index contributed by atoms with van der Waals surface area (Å²) >= 11 is -1.26. The largest absolute Gasteiger partial charge is 0.435 e. The van der Waals surface area contributed by atoms with Crippen molar-refractivity contribution < 1.29 is 22.5 Å². The quantitative estimate of drug-likeness (QED) is 0.772. The Balaban J connectivity index is 1.73. The van der Waals surface area contributed by atoms with Crippen LogP contribution in [0.3, 0.4) is 0 Å². The predicted octanol–water partition coefficient (Wildman–Crippen LogP) is 1.64. The van der Waals surface area contributed by atoms with Crippen LogP contribution in [0.15, 0.2) is 24.4 Å². The number of hydrogen-bond acceptors (Lipinski definition) is 3. The minimum atomic E-state index is -4.60. The Labute approximate surface area is 157 Å². The van der Waals surface area contributed by atoms with Crippen molar-refractivity contribution in [3.63, 3.8) is 0 Å². The number of nitrogens with zero attached hydrogens (tertiary/aromatic N) is 3. The molecule has 0 radical (unpaired) electrons. The highest BCUT2D eigenvalue weighted by molar-refractivity contribution is 7.80. The molecular weight excluding hydrogens is 381 g/mol. The molecule has 6 nitrogen and oxygen atoms in total. The number of benzene rings is 1. The lowest BCUT2D eigenvalue weighted by molar-refractivity contribution is -0.142. The number of halogens is 3. The molecule has 2 unspecified atom stereocenters. The first-order valence-corrected chi connectivity index (χ1v) is 9.48. The molecule has 10 heteroatoms. The van der Waals surface area contributed by atoms with E-state index in [9.17, 15) is 17.4 Å². The summed E-state index contributed by atoms with van der Waals surface area (Å²) in [5.41, 5.74) is 1.76. The third kappa shape index (κ3) is 4.57. The summed E-state index contributed by atoms with van der Waals surface area (Å²) in [5.74, 6) is 0. The van der Waals surface area contributed by atoms with E-state index in [2.05, 4.69) is 9.82 Å². The Hall–Kier alpha value is -1.75. The van der Waals surface area contributed by atoms with E-state index in [4.69, 9.17) is 5.11 Å². The molecular formula is C17H21F3N4O2S. The molecule has 0 aliphatic heterocycles. The molecule has 1 aromatic heterocycles. The van der Waals surface area contributed by atoms with Crippen molar-refractivity contribution in [2.75, 3.05) is 14.1 Å². The number of nitrogens with one attached hydrogen (secondary N) is 1. The molecule has 27 heavy (non-hydrogen) atoms. The minimum absolute atomic E-state index is 0.0565. The van der Waals surface area contributed by atoms with Gasteiger partial charge in [-0.05, 0) is 29.5 Å². The van der Waals surface area contributed by atoms with Gasteiger partial charge in [0, 0.05) is 31.9 Å². The zero-order chi connectivity index (χ0) is 19.8. The predicted molar refractivity (Wildman–Crippen MR) is 94.9 cm³/mol. The highest BCUT2D eigenvalue weighted by Gasteiger charge is 2.37. The van der Waals surface area contributed by atoms with Crippen LogP contribution in [0.1, 0.15) is 27.9 Å². The molecule has 2 atom stereocenters. The van der Waals surface area contributed by atoms with Gasteiger partial charge in [-0.2, -0.15) is 18.3 Å². The number of aromatic nitrogens is 2. The molecule has 0 amide bonds. The van der Waals surface area contributed by atoms with E-state index in [1.807, 2.05) is 18.2 Å². The first-order chi connectivity index (χ1) is 12.7. The van der Waals surface area contributed by atoms with E-state index < -0.39 is 29.6 Å². The molecule has 0 saturated carbocycles. The first kappa shape index (κ1) is 20.0. The number of hydrogen-bond donors (Lipinski definition) is 2. The summed E-state index contributed by atoms with van der Waals surface area (Å²) < 4.78 is 56.6. The molecule has 1 aliphatic rings. The second kappa shape index (κ2) is 7.70. The summed E-state index contributed by atoms with van der Waals surface area (Å²) in [6.45, 7) is -0.534. The second-order valence-corrected chi connectivity index (χ2v) is 8.21. The zero-order valence-electron chi connectivity index (χ0n) is 15.0.